The van der Waals surface area contributed by atoms with Gasteiger partial charge in [0.2, 0.25) is 0 Å². The summed E-state index contributed by atoms with van der Waals surface area (Å²) in [6.07, 6.45) is 6.47. The maximum Gasteiger partial charge on any atom is 0.118 e. The summed E-state index contributed by atoms with van der Waals surface area (Å²) in [6, 6.07) is 5.10. The van der Waals surface area contributed by atoms with E-state index in [2.05, 4.69) is 29.3 Å². The fourth-order valence-electron chi connectivity index (χ4n) is 3.09. The van der Waals surface area contributed by atoms with Gasteiger partial charge in [-0.3, -0.25) is 4.90 Å². The first-order chi connectivity index (χ1) is 9.35. The molecule has 0 spiro atoms. The summed E-state index contributed by atoms with van der Waals surface area (Å²) in [4.78, 5) is 2.65. The number of nitrogens with one attached hydrogen (secondary N) is 1. The Morgan fingerprint density at radius 2 is 2.11 bits per heavy atom. The van der Waals surface area contributed by atoms with E-state index < -0.39 is 0 Å². The van der Waals surface area contributed by atoms with Crippen LogP contribution in [0.5, 0.6) is 0 Å². The molecule has 0 amide bonds. The molecule has 3 nitrogen and oxygen atoms in total. The van der Waals surface area contributed by atoms with E-state index in [4.69, 9.17) is 4.42 Å². The molecule has 2 aliphatic rings. The van der Waals surface area contributed by atoms with Crippen molar-refractivity contribution < 1.29 is 4.42 Å². The smallest absolute Gasteiger partial charge is 0.118 e. The quantitative estimate of drug-likeness (QED) is 0.854. The number of hydrogen-bond donors (Lipinski definition) is 1. The van der Waals surface area contributed by atoms with Crippen LogP contribution in [0.2, 0.25) is 0 Å². The maximum absolute atomic E-state index is 5.87. The molecular formula is C16H26N2O. The highest BCUT2D eigenvalue weighted by Gasteiger charge is 2.31. The van der Waals surface area contributed by atoms with Gasteiger partial charge in [0.1, 0.15) is 11.5 Å². The second-order valence-corrected chi connectivity index (χ2v) is 6.09. The molecule has 3 rings (SSSR count). The van der Waals surface area contributed by atoms with Crippen LogP contribution in [0.4, 0.5) is 0 Å². The third kappa shape index (κ3) is 3.61. The van der Waals surface area contributed by atoms with Gasteiger partial charge < -0.3 is 9.73 Å². The van der Waals surface area contributed by atoms with Crippen molar-refractivity contribution in [1.29, 1.82) is 0 Å². The summed E-state index contributed by atoms with van der Waals surface area (Å²) in [5.74, 6) is 3.09. The van der Waals surface area contributed by atoms with Crippen molar-refractivity contribution in [3.63, 3.8) is 0 Å². The van der Waals surface area contributed by atoms with E-state index >= 15 is 0 Å². The van der Waals surface area contributed by atoms with Gasteiger partial charge in [-0.05, 0) is 56.8 Å². The van der Waals surface area contributed by atoms with Crippen molar-refractivity contribution >= 4 is 0 Å². The zero-order chi connectivity index (χ0) is 13.1. The zero-order valence-corrected chi connectivity index (χ0v) is 12.0. The van der Waals surface area contributed by atoms with Crippen molar-refractivity contribution in [3.8, 4) is 0 Å². The molecule has 1 aliphatic heterocycles. The monoisotopic (exact) mass is 262 g/mol. The largest absolute Gasteiger partial charge is 0.465 e. The first kappa shape index (κ1) is 13.2. The first-order valence-electron chi connectivity index (χ1n) is 7.87. The Balaban J connectivity index is 1.57. The molecule has 1 aromatic rings. The Labute approximate surface area is 116 Å². The van der Waals surface area contributed by atoms with Gasteiger partial charge in [0.25, 0.3) is 0 Å². The lowest BCUT2D eigenvalue weighted by molar-refractivity contribution is 0.180. The average molecular weight is 262 g/mol. The lowest BCUT2D eigenvalue weighted by Gasteiger charge is -2.29. The number of rotatable bonds is 6. The fourth-order valence-corrected chi connectivity index (χ4v) is 3.09. The standard InChI is InChI=1S/C16H26N2O/c1-2-15-7-8-16(19-15)12-18(14-5-6-14)11-13-4-3-9-17-10-13/h7-8,13-14,17H,2-6,9-12H2,1H3. The average Bonchev–Trinajstić information content (AvgIpc) is 3.20. The summed E-state index contributed by atoms with van der Waals surface area (Å²) in [5.41, 5.74) is 0. The van der Waals surface area contributed by atoms with E-state index in [1.807, 2.05) is 0 Å². The fraction of sp³-hybridized carbons (Fsp3) is 0.750. The van der Waals surface area contributed by atoms with Crippen LogP contribution in [0.15, 0.2) is 16.5 Å². The van der Waals surface area contributed by atoms with E-state index in [1.54, 1.807) is 0 Å². The highest BCUT2D eigenvalue weighted by molar-refractivity contribution is 5.07. The summed E-state index contributed by atoms with van der Waals surface area (Å²) >= 11 is 0. The van der Waals surface area contributed by atoms with Crippen LogP contribution < -0.4 is 5.32 Å². The van der Waals surface area contributed by atoms with E-state index in [1.165, 1.54) is 45.3 Å². The van der Waals surface area contributed by atoms with E-state index in [9.17, 15) is 0 Å². The highest BCUT2D eigenvalue weighted by atomic mass is 16.3. The van der Waals surface area contributed by atoms with Crippen molar-refractivity contribution in [3.05, 3.63) is 23.7 Å². The van der Waals surface area contributed by atoms with E-state index in [0.717, 1.165) is 36.4 Å². The molecule has 3 heteroatoms. The molecule has 1 N–H and O–H groups in total. The lowest BCUT2D eigenvalue weighted by atomic mass is 9.99. The van der Waals surface area contributed by atoms with E-state index in [-0.39, 0.29) is 0 Å². The molecule has 0 radical (unpaired) electrons. The summed E-state index contributed by atoms with van der Waals surface area (Å²) < 4.78 is 5.87. The third-order valence-electron chi connectivity index (χ3n) is 4.38. The first-order valence-corrected chi connectivity index (χ1v) is 7.87. The number of furan rings is 1. The number of nitrogens with zero attached hydrogens (tertiary/aromatic N) is 1. The van der Waals surface area contributed by atoms with Crippen molar-refractivity contribution in [2.45, 2.75) is 51.6 Å². The minimum absolute atomic E-state index is 0.817. The summed E-state index contributed by atoms with van der Waals surface area (Å²) in [5, 5.41) is 3.53. The number of hydrogen-bond acceptors (Lipinski definition) is 3. The molecule has 1 aliphatic carbocycles. The molecule has 0 aromatic carbocycles. The summed E-state index contributed by atoms with van der Waals surface area (Å²) in [7, 11) is 0. The van der Waals surface area contributed by atoms with Crippen molar-refractivity contribution in [2.24, 2.45) is 5.92 Å². The minimum atomic E-state index is 0.817. The van der Waals surface area contributed by atoms with Gasteiger partial charge in [0.05, 0.1) is 6.54 Å². The zero-order valence-electron chi connectivity index (χ0n) is 12.0. The number of aryl methyl sites for hydroxylation is 1. The van der Waals surface area contributed by atoms with Crippen LogP contribution in [-0.2, 0) is 13.0 Å². The Morgan fingerprint density at radius 1 is 1.26 bits per heavy atom. The van der Waals surface area contributed by atoms with Crippen molar-refractivity contribution in [2.75, 3.05) is 19.6 Å². The van der Waals surface area contributed by atoms with Gasteiger partial charge in [0, 0.05) is 19.0 Å². The van der Waals surface area contributed by atoms with Crippen LogP contribution in [0.3, 0.4) is 0 Å². The lowest BCUT2D eigenvalue weighted by Crippen LogP contribution is -2.38. The highest BCUT2D eigenvalue weighted by Crippen LogP contribution is 2.30. The Kier molecular flexibility index (Phi) is 4.24. The normalized spacial score (nSPS) is 24.0. The van der Waals surface area contributed by atoms with Crippen LogP contribution in [0.25, 0.3) is 0 Å². The molecule has 1 atom stereocenters. The molecule has 2 fully saturated rings. The Hall–Kier alpha value is -0.800. The predicted molar refractivity (Wildman–Crippen MR) is 77.1 cm³/mol. The molecule has 0 bridgehead atoms. The molecule has 1 unspecified atom stereocenters. The SMILES string of the molecule is CCc1ccc(CN(CC2CCCNC2)C2CC2)o1. The summed E-state index contributed by atoms with van der Waals surface area (Å²) in [6.45, 7) is 6.79. The molecular weight excluding hydrogens is 236 g/mol. The van der Waals surface area contributed by atoms with Gasteiger partial charge in [-0.25, -0.2) is 0 Å². The molecule has 106 valence electrons. The van der Waals surface area contributed by atoms with Crippen LogP contribution in [0.1, 0.15) is 44.1 Å². The van der Waals surface area contributed by atoms with Gasteiger partial charge in [-0.15, -0.1) is 0 Å². The molecule has 1 aromatic heterocycles. The minimum Gasteiger partial charge on any atom is -0.465 e. The predicted octanol–water partition coefficient (Wildman–Crippen LogP) is 2.81. The van der Waals surface area contributed by atoms with Gasteiger partial charge in [-0.2, -0.15) is 0 Å². The van der Waals surface area contributed by atoms with Crippen LogP contribution in [-0.4, -0.2) is 30.6 Å². The topological polar surface area (TPSA) is 28.4 Å². The Bertz CT molecular complexity index is 391. The van der Waals surface area contributed by atoms with E-state index in [0.29, 0.717) is 0 Å². The molecule has 1 saturated carbocycles. The Morgan fingerprint density at radius 3 is 2.74 bits per heavy atom. The maximum atomic E-state index is 5.87. The number of piperidine rings is 1. The van der Waals surface area contributed by atoms with Crippen molar-refractivity contribution in [1.82, 2.24) is 10.2 Å². The molecule has 19 heavy (non-hydrogen) atoms. The molecule has 2 heterocycles. The van der Waals surface area contributed by atoms with Crippen LogP contribution >= 0.6 is 0 Å². The van der Waals surface area contributed by atoms with Crippen LogP contribution in [0, 0.1) is 5.92 Å². The van der Waals surface area contributed by atoms with Gasteiger partial charge in [0.15, 0.2) is 0 Å². The third-order valence-corrected chi connectivity index (χ3v) is 4.38. The van der Waals surface area contributed by atoms with Gasteiger partial charge >= 0.3 is 0 Å². The second kappa shape index (κ2) is 6.10. The van der Waals surface area contributed by atoms with Gasteiger partial charge in [-0.1, -0.05) is 6.92 Å². The second-order valence-electron chi connectivity index (χ2n) is 6.09. The molecule has 1 saturated heterocycles.